The van der Waals surface area contributed by atoms with E-state index in [-0.39, 0.29) is 11.8 Å². The molecule has 0 aliphatic carbocycles. The Morgan fingerprint density at radius 3 is 2.61 bits per heavy atom. The van der Waals surface area contributed by atoms with Crippen LogP contribution in [0.25, 0.3) is 11.0 Å². The Balaban J connectivity index is 1.41. The van der Waals surface area contributed by atoms with Crippen LogP contribution < -0.4 is 5.32 Å². The van der Waals surface area contributed by atoms with Gasteiger partial charge in [0.05, 0.1) is 19.0 Å². The topological polar surface area (TPSA) is 71.8 Å². The number of amides is 2. The Morgan fingerprint density at radius 2 is 1.82 bits per heavy atom. The Morgan fingerprint density at radius 1 is 1.04 bits per heavy atom. The molecule has 1 N–H and O–H groups in total. The van der Waals surface area contributed by atoms with Gasteiger partial charge in [0.1, 0.15) is 5.58 Å². The number of hydrogen-bond donors (Lipinski definition) is 1. The van der Waals surface area contributed by atoms with E-state index in [4.69, 9.17) is 9.15 Å². The minimum atomic E-state index is -0.135. The van der Waals surface area contributed by atoms with Gasteiger partial charge in [-0.1, -0.05) is 18.2 Å². The number of thioether (sulfide) groups is 1. The van der Waals surface area contributed by atoms with E-state index in [1.54, 1.807) is 23.1 Å². The van der Waals surface area contributed by atoms with Gasteiger partial charge in [-0.25, -0.2) is 0 Å². The van der Waals surface area contributed by atoms with Crippen LogP contribution in [0.2, 0.25) is 0 Å². The van der Waals surface area contributed by atoms with Crippen molar-refractivity contribution in [2.45, 2.75) is 4.90 Å². The smallest absolute Gasteiger partial charge is 0.289 e. The molecule has 4 rings (SSSR count). The lowest BCUT2D eigenvalue weighted by atomic mass is 10.2. The normalized spacial score (nSPS) is 14.2. The lowest BCUT2D eigenvalue weighted by Crippen LogP contribution is -2.40. The maximum Gasteiger partial charge on any atom is 0.289 e. The quantitative estimate of drug-likeness (QED) is 0.667. The molecule has 3 aromatic rings. The predicted octanol–water partition coefficient (Wildman–Crippen LogP) is 3.64. The zero-order valence-electron chi connectivity index (χ0n) is 15.2. The number of nitrogens with zero attached hydrogens (tertiary/aromatic N) is 1. The van der Waals surface area contributed by atoms with Crippen LogP contribution in [0.3, 0.4) is 0 Å². The Labute approximate surface area is 166 Å². The number of morpholine rings is 1. The molecule has 6 nitrogen and oxygen atoms in total. The number of carbonyl (C=O) groups is 2. The van der Waals surface area contributed by atoms with Crippen LogP contribution in [0.15, 0.2) is 63.9 Å². The summed E-state index contributed by atoms with van der Waals surface area (Å²) in [7, 11) is 0. The summed E-state index contributed by atoms with van der Waals surface area (Å²) >= 11 is 1.48. The van der Waals surface area contributed by atoms with Crippen LogP contribution in [0, 0.1) is 0 Å². The Hall–Kier alpha value is -2.77. The molecule has 2 heterocycles. The highest BCUT2D eigenvalue weighted by molar-refractivity contribution is 8.00. The molecule has 1 aromatic heterocycles. The van der Waals surface area contributed by atoms with Crippen molar-refractivity contribution in [3.8, 4) is 0 Å². The number of fused-ring (bicyclic) bond motifs is 1. The highest BCUT2D eigenvalue weighted by atomic mass is 32.2. The first-order chi connectivity index (χ1) is 13.7. The summed E-state index contributed by atoms with van der Waals surface area (Å²) in [5.74, 6) is 0.416. The maximum atomic E-state index is 12.6. The van der Waals surface area contributed by atoms with E-state index in [0.717, 1.165) is 10.3 Å². The Bertz CT molecular complexity index is 980. The molecule has 1 fully saturated rings. The van der Waals surface area contributed by atoms with Gasteiger partial charge in [-0.2, -0.15) is 0 Å². The van der Waals surface area contributed by atoms with E-state index < -0.39 is 0 Å². The van der Waals surface area contributed by atoms with Crippen molar-refractivity contribution in [1.82, 2.24) is 4.90 Å². The highest BCUT2D eigenvalue weighted by Crippen LogP contribution is 2.25. The SMILES string of the molecule is O=C(CSc1ccccc1)Nc1ccc2oc(C(=O)N3CCOCC3)cc2c1. The molecule has 7 heteroatoms. The summed E-state index contributed by atoms with van der Waals surface area (Å²) in [5.41, 5.74) is 1.30. The van der Waals surface area contributed by atoms with Crippen molar-refractivity contribution >= 4 is 40.2 Å². The van der Waals surface area contributed by atoms with E-state index in [2.05, 4.69) is 5.32 Å². The molecule has 28 heavy (non-hydrogen) atoms. The first-order valence-corrected chi connectivity index (χ1v) is 10.1. The van der Waals surface area contributed by atoms with E-state index in [1.807, 2.05) is 36.4 Å². The molecule has 1 aliphatic rings. The predicted molar refractivity (Wildman–Crippen MR) is 109 cm³/mol. The third-order valence-electron chi connectivity index (χ3n) is 4.42. The zero-order valence-corrected chi connectivity index (χ0v) is 16.0. The largest absolute Gasteiger partial charge is 0.451 e. The van der Waals surface area contributed by atoms with Gasteiger partial charge in [0.15, 0.2) is 5.76 Å². The van der Waals surface area contributed by atoms with Gasteiger partial charge < -0.3 is 19.4 Å². The summed E-state index contributed by atoms with van der Waals surface area (Å²) in [4.78, 5) is 27.5. The van der Waals surface area contributed by atoms with Gasteiger partial charge in [0.2, 0.25) is 5.91 Å². The lowest BCUT2D eigenvalue weighted by Gasteiger charge is -2.25. The first kappa shape index (κ1) is 18.6. The molecule has 2 aromatic carbocycles. The van der Waals surface area contributed by atoms with E-state index in [9.17, 15) is 9.59 Å². The van der Waals surface area contributed by atoms with Gasteiger partial charge in [-0.15, -0.1) is 11.8 Å². The van der Waals surface area contributed by atoms with Crippen LogP contribution in [0.1, 0.15) is 10.6 Å². The minimum absolute atomic E-state index is 0.0821. The number of ether oxygens (including phenoxy) is 1. The standard InChI is InChI=1S/C21H20N2O4S/c24-20(14-28-17-4-2-1-3-5-17)22-16-6-7-18-15(12-16)13-19(27-18)21(25)23-8-10-26-11-9-23/h1-7,12-13H,8-11,14H2,(H,22,24). The third kappa shape index (κ3) is 4.37. The average Bonchev–Trinajstić information content (AvgIpc) is 3.16. The van der Waals surface area contributed by atoms with Crippen molar-refractivity contribution in [2.75, 3.05) is 37.4 Å². The van der Waals surface area contributed by atoms with E-state index in [1.165, 1.54) is 11.8 Å². The van der Waals surface area contributed by atoms with Gasteiger partial charge >= 0.3 is 0 Å². The molecular weight excluding hydrogens is 376 g/mol. The van der Waals surface area contributed by atoms with Gasteiger partial charge in [0, 0.05) is 29.1 Å². The van der Waals surface area contributed by atoms with Crippen LogP contribution in [-0.2, 0) is 9.53 Å². The maximum absolute atomic E-state index is 12.6. The molecule has 1 saturated heterocycles. The lowest BCUT2D eigenvalue weighted by molar-refractivity contribution is -0.113. The average molecular weight is 396 g/mol. The summed E-state index contributed by atoms with van der Waals surface area (Å²) in [5, 5.41) is 3.68. The van der Waals surface area contributed by atoms with E-state index >= 15 is 0 Å². The van der Waals surface area contributed by atoms with Gasteiger partial charge in [0.25, 0.3) is 5.91 Å². The highest BCUT2D eigenvalue weighted by Gasteiger charge is 2.22. The van der Waals surface area contributed by atoms with Crippen molar-refractivity contribution in [3.05, 3.63) is 60.4 Å². The van der Waals surface area contributed by atoms with Crippen molar-refractivity contribution < 1.29 is 18.7 Å². The second kappa shape index (κ2) is 8.50. The van der Waals surface area contributed by atoms with Crippen LogP contribution >= 0.6 is 11.8 Å². The van der Waals surface area contributed by atoms with Crippen LogP contribution in [-0.4, -0.2) is 48.8 Å². The molecule has 0 radical (unpaired) electrons. The van der Waals surface area contributed by atoms with Gasteiger partial charge in [-0.3, -0.25) is 9.59 Å². The second-order valence-electron chi connectivity index (χ2n) is 6.42. The van der Waals surface area contributed by atoms with Crippen molar-refractivity contribution in [1.29, 1.82) is 0 Å². The number of carbonyl (C=O) groups excluding carboxylic acids is 2. The number of nitrogens with one attached hydrogen (secondary N) is 1. The fraction of sp³-hybridized carbons (Fsp3) is 0.238. The molecule has 1 aliphatic heterocycles. The van der Waals surface area contributed by atoms with E-state index in [0.29, 0.717) is 49.1 Å². The molecule has 0 spiro atoms. The summed E-state index contributed by atoms with van der Waals surface area (Å²) in [6.45, 7) is 2.22. The number of rotatable bonds is 5. The molecule has 0 bridgehead atoms. The van der Waals surface area contributed by atoms with Crippen molar-refractivity contribution in [2.24, 2.45) is 0 Å². The molecule has 0 unspecified atom stereocenters. The number of hydrogen-bond acceptors (Lipinski definition) is 5. The first-order valence-electron chi connectivity index (χ1n) is 9.07. The fourth-order valence-corrected chi connectivity index (χ4v) is 3.73. The van der Waals surface area contributed by atoms with Crippen LogP contribution in [0.5, 0.6) is 0 Å². The number of anilines is 1. The molecular formula is C21H20N2O4S. The summed E-state index contributed by atoms with van der Waals surface area (Å²) < 4.78 is 11.0. The minimum Gasteiger partial charge on any atom is -0.451 e. The van der Waals surface area contributed by atoms with Crippen LogP contribution in [0.4, 0.5) is 5.69 Å². The monoisotopic (exact) mass is 396 g/mol. The number of benzene rings is 2. The fourth-order valence-electron chi connectivity index (χ4n) is 3.01. The summed E-state index contributed by atoms with van der Waals surface area (Å²) in [6, 6.07) is 16.9. The molecule has 2 amide bonds. The summed E-state index contributed by atoms with van der Waals surface area (Å²) in [6.07, 6.45) is 0. The van der Waals surface area contributed by atoms with Gasteiger partial charge in [-0.05, 0) is 36.4 Å². The van der Waals surface area contributed by atoms with Crippen molar-refractivity contribution in [3.63, 3.8) is 0 Å². The molecule has 0 saturated carbocycles. The molecule has 0 atom stereocenters. The Kier molecular flexibility index (Phi) is 5.64. The number of furan rings is 1. The third-order valence-corrected chi connectivity index (χ3v) is 5.43. The molecule has 144 valence electrons. The second-order valence-corrected chi connectivity index (χ2v) is 7.47. The zero-order chi connectivity index (χ0) is 19.3.